The number of rotatable bonds is 6. The van der Waals surface area contributed by atoms with Crippen LogP contribution in [-0.2, 0) is 6.54 Å². The average molecular weight is 475 g/mol. The van der Waals surface area contributed by atoms with Crippen LogP contribution in [0, 0.1) is 13.8 Å². The maximum absolute atomic E-state index is 13.3. The smallest absolute Gasteiger partial charge is 0.274 e. The SMILES string of the molecule is Cc1cc(C(=O)Nc2ccc(-c3ccccc3CN(C)C)cc2)n(-c2cc3ccccc3cc2C)n1. The molecular formula is C31H30N4O. The quantitative estimate of drug-likeness (QED) is 0.301. The van der Waals surface area contributed by atoms with Gasteiger partial charge in [-0.25, -0.2) is 4.68 Å². The van der Waals surface area contributed by atoms with E-state index in [1.165, 1.54) is 16.5 Å². The minimum absolute atomic E-state index is 0.191. The zero-order valence-electron chi connectivity index (χ0n) is 21.1. The summed E-state index contributed by atoms with van der Waals surface area (Å²) in [6.45, 7) is 4.82. The van der Waals surface area contributed by atoms with Gasteiger partial charge in [-0.15, -0.1) is 0 Å². The van der Waals surface area contributed by atoms with E-state index >= 15 is 0 Å². The minimum Gasteiger partial charge on any atom is -0.321 e. The van der Waals surface area contributed by atoms with Crippen LogP contribution in [0.4, 0.5) is 5.69 Å². The molecular weight excluding hydrogens is 444 g/mol. The van der Waals surface area contributed by atoms with Gasteiger partial charge < -0.3 is 10.2 Å². The predicted molar refractivity (Wildman–Crippen MR) is 148 cm³/mol. The number of carbonyl (C=O) groups excluding carboxylic acids is 1. The van der Waals surface area contributed by atoms with Gasteiger partial charge in [0.05, 0.1) is 11.4 Å². The number of fused-ring (bicyclic) bond motifs is 1. The summed E-state index contributed by atoms with van der Waals surface area (Å²) in [7, 11) is 4.14. The lowest BCUT2D eigenvalue weighted by atomic mass is 9.99. The standard InChI is InChI=1S/C31H30N4O/c1-21-17-24-9-5-6-10-25(24)19-29(21)35-30(18-22(2)33-35)31(36)32-27-15-13-23(14-16-27)28-12-8-7-11-26(28)20-34(3)4/h5-19H,20H2,1-4H3,(H,32,36). The molecule has 1 amide bonds. The Morgan fingerprint density at radius 1 is 0.861 bits per heavy atom. The van der Waals surface area contributed by atoms with Crippen LogP contribution in [0.3, 0.4) is 0 Å². The summed E-state index contributed by atoms with van der Waals surface area (Å²) in [6.07, 6.45) is 0. The summed E-state index contributed by atoms with van der Waals surface area (Å²) in [6, 6.07) is 30.7. The van der Waals surface area contributed by atoms with Gasteiger partial charge in [0.1, 0.15) is 5.69 Å². The second-order valence-corrected chi connectivity index (χ2v) is 9.50. The van der Waals surface area contributed by atoms with Gasteiger partial charge in [0, 0.05) is 12.2 Å². The summed E-state index contributed by atoms with van der Waals surface area (Å²) in [5.41, 5.74) is 7.60. The number of nitrogens with one attached hydrogen (secondary N) is 1. The maximum Gasteiger partial charge on any atom is 0.274 e. The first-order valence-electron chi connectivity index (χ1n) is 12.1. The first-order valence-corrected chi connectivity index (χ1v) is 12.1. The highest BCUT2D eigenvalue weighted by Crippen LogP contribution is 2.27. The van der Waals surface area contributed by atoms with Crippen molar-refractivity contribution in [2.24, 2.45) is 0 Å². The van der Waals surface area contributed by atoms with Crippen LogP contribution in [0.15, 0.2) is 91.0 Å². The number of hydrogen-bond acceptors (Lipinski definition) is 3. The maximum atomic E-state index is 13.3. The Morgan fingerprint density at radius 2 is 1.53 bits per heavy atom. The lowest BCUT2D eigenvalue weighted by Crippen LogP contribution is -2.17. The number of anilines is 1. The molecule has 0 aliphatic heterocycles. The van der Waals surface area contributed by atoms with Crippen molar-refractivity contribution in [3.05, 3.63) is 114 Å². The monoisotopic (exact) mass is 474 g/mol. The number of aryl methyl sites for hydroxylation is 2. The zero-order chi connectivity index (χ0) is 25.2. The van der Waals surface area contributed by atoms with Gasteiger partial charge in [-0.2, -0.15) is 5.10 Å². The van der Waals surface area contributed by atoms with Crippen molar-refractivity contribution < 1.29 is 4.79 Å². The van der Waals surface area contributed by atoms with E-state index in [9.17, 15) is 4.79 Å². The Morgan fingerprint density at radius 3 is 2.25 bits per heavy atom. The molecule has 0 saturated heterocycles. The molecule has 180 valence electrons. The largest absolute Gasteiger partial charge is 0.321 e. The van der Waals surface area contributed by atoms with E-state index in [4.69, 9.17) is 0 Å². The lowest BCUT2D eigenvalue weighted by Gasteiger charge is -2.15. The highest BCUT2D eigenvalue weighted by Gasteiger charge is 2.18. The molecule has 5 aromatic rings. The fraction of sp³-hybridized carbons (Fsp3) is 0.161. The van der Waals surface area contributed by atoms with Gasteiger partial charge >= 0.3 is 0 Å². The van der Waals surface area contributed by atoms with Crippen LogP contribution in [0.25, 0.3) is 27.6 Å². The summed E-state index contributed by atoms with van der Waals surface area (Å²) >= 11 is 0. The Balaban J connectivity index is 1.42. The second-order valence-electron chi connectivity index (χ2n) is 9.50. The van der Waals surface area contributed by atoms with Crippen LogP contribution >= 0.6 is 0 Å². The third kappa shape index (κ3) is 4.79. The molecule has 5 heteroatoms. The van der Waals surface area contributed by atoms with Crippen LogP contribution in [0.1, 0.15) is 27.3 Å². The topological polar surface area (TPSA) is 50.2 Å². The van der Waals surface area contributed by atoms with Crippen molar-refractivity contribution >= 4 is 22.4 Å². The molecule has 0 spiro atoms. The summed E-state index contributed by atoms with van der Waals surface area (Å²) in [5, 5.41) is 9.99. The highest BCUT2D eigenvalue weighted by molar-refractivity contribution is 6.03. The van der Waals surface area contributed by atoms with Gasteiger partial charge in [0.2, 0.25) is 0 Å². The van der Waals surface area contributed by atoms with Crippen molar-refractivity contribution in [2.45, 2.75) is 20.4 Å². The molecule has 4 aromatic carbocycles. The Hall–Kier alpha value is -4.22. The minimum atomic E-state index is -0.191. The van der Waals surface area contributed by atoms with E-state index in [1.54, 1.807) is 4.68 Å². The fourth-order valence-corrected chi connectivity index (χ4v) is 4.62. The van der Waals surface area contributed by atoms with E-state index in [0.717, 1.165) is 40.1 Å². The third-order valence-electron chi connectivity index (χ3n) is 6.31. The van der Waals surface area contributed by atoms with Crippen LogP contribution < -0.4 is 5.32 Å². The van der Waals surface area contributed by atoms with Crippen molar-refractivity contribution in [2.75, 3.05) is 19.4 Å². The van der Waals surface area contributed by atoms with Gasteiger partial charge in [-0.3, -0.25) is 4.79 Å². The highest BCUT2D eigenvalue weighted by atomic mass is 16.2. The molecule has 36 heavy (non-hydrogen) atoms. The van der Waals surface area contributed by atoms with Gasteiger partial charge in [-0.1, -0.05) is 60.7 Å². The van der Waals surface area contributed by atoms with E-state index in [-0.39, 0.29) is 5.91 Å². The molecule has 1 N–H and O–H groups in total. The number of carbonyl (C=O) groups is 1. The molecule has 5 nitrogen and oxygen atoms in total. The molecule has 0 aliphatic carbocycles. The summed E-state index contributed by atoms with van der Waals surface area (Å²) in [4.78, 5) is 15.5. The van der Waals surface area contributed by atoms with Gasteiger partial charge in [0.25, 0.3) is 5.91 Å². The predicted octanol–water partition coefficient (Wildman–Crippen LogP) is 6.62. The molecule has 0 aliphatic rings. The van der Waals surface area contributed by atoms with Crippen LogP contribution in [0.2, 0.25) is 0 Å². The van der Waals surface area contributed by atoms with Crippen molar-refractivity contribution in [3.8, 4) is 16.8 Å². The zero-order valence-corrected chi connectivity index (χ0v) is 21.1. The van der Waals surface area contributed by atoms with Gasteiger partial charge in [0.15, 0.2) is 0 Å². The molecule has 0 saturated carbocycles. The number of amides is 1. The number of benzene rings is 4. The molecule has 5 rings (SSSR count). The fourth-order valence-electron chi connectivity index (χ4n) is 4.62. The summed E-state index contributed by atoms with van der Waals surface area (Å²) in [5.74, 6) is -0.191. The Labute approximate surface area is 212 Å². The third-order valence-corrected chi connectivity index (χ3v) is 6.31. The van der Waals surface area contributed by atoms with Crippen molar-refractivity contribution in [3.63, 3.8) is 0 Å². The molecule has 0 atom stereocenters. The number of hydrogen-bond donors (Lipinski definition) is 1. The van der Waals surface area contributed by atoms with Crippen LogP contribution in [-0.4, -0.2) is 34.7 Å². The average Bonchev–Trinajstić information content (AvgIpc) is 3.25. The van der Waals surface area contributed by atoms with E-state index in [0.29, 0.717) is 5.69 Å². The van der Waals surface area contributed by atoms with Crippen molar-refractivity contribution in [1.82, 2.24) is 14.7 Å². The molecule has 1 heterocycles. The van der Waals surface area contributed by atoms with E-state index < -0.39 is 0 Å². The number of nitrogens with zero attached hydrogens (tertiary/aromatic N) is 3. The second kappa shape index (κ2) is 9.80. The first-order chi connectivity index (χ1) is 17.4. The normalized spacial score (nSPS) is 11.2. The molecule has 0 radical (unpaired) electrons. The first kappa shape index (κ1) is 23.5. The summed E-state index contributed by atoms with van der Waals surface area (Å²) < 4.78 is 1.75. The number of aromatic nitrogens is 2. The van der Waals surface area contributed by atoms with E-state index in [2.05, 4.69) is 90.1 Å². The van der Waals surface area contributed by atoms with E-state index in [1.807, 2.05) is 44.2 Å². The molecule has 0 fully saturated rings. The Bertz CT molecular complexity index is 1550. The lowest BCUT2D eigenvalue weighted by molar-refractivity contribution is 0.101. The van der Waals surface area contributed by atoms with Crippen LogP contribution in [0.5, 0.6) is 0 Å². The Kier molecular flexibility index (Phi) is 6.40. The molecule has 1 aromatic heterocycles. The molecule has 0 bridgehead atoms. The van der Waals surface area contributed by atoms with Gasteiger partial charge in [-0.05, 0) is 91.3 Å². The van der Waals surface area contributed by atoms with Crippen molar-refractivity contribution in [1.29, 1.82) is 0 Å². The molecule has 0 unspecified atom stereocenters.